The lowest BCUT2D eigenvalue weighted by atomic mass is 10.0. The van der Waals surface area contributed by atoms with E-state index in [2.05, 4.69) is 20.3 Å². The highest BCUT2D eigenvalue weighted by atomic mass is 16.6. The third kappa shape index (κ3) is 3.47. The zero-order chi connectivity index (χ0) is 20.5. The molecule has 3 heterocycles. The summed E-state index contributed by atoms with van der Waals surface area (Å²) in [4.78, 5) is 24.6. The zero-order valence-electron chi connectivity index (χ0n) is 15.6. The Hall–Kier alpha value is -2.92. The maximum Gasteiger partial charge on any atom is 0.167 e. The second-order valence-electron chi connectivity index (χ2n) is 6.84. The van der Waals surface area contributed by atoms with E-state index in [1.807, 2.05) is 18.2 Å². The summed E-state index contributed by atoms with van der Waals surface area (Å²) in [6, 6.07) is 7.30. The second-order valence-corrected chi connectivity index (χ2v) is 6.84. The third-order valence-electron chi connectivity index (χ3n) is 4.99. The summed E-state index contributed by atoms with van der Waals surface area (Å²) < 4.78 is 7.05. The van der Waals surface area contributed by atoms with Crippen molar-refractivity contribution in [2.45, 2.75) is 38.0 Å². The summed E-state index contributed by atoms with van der Waals surface area (Å²) in [5, 5.41) is 32.7. The number of Topliss-reactive ketones (excluding diaryl/α,β-unsaturated/α-hetero) is 1. The quantitative estimate of drug-likeness (QED) is 0.429. The summed E-state index contributed by atoms with van der Waals surface area (Å²) in [6.07, 6.45) is -1.50. The Labute approximate surface area is 165 Å². The number of aromatic nitrogens is 4. The predicted octanol–water partition coefficient (Wildman–Crippen LogP) is 0.252. The number of anilines is 1. The average Bonchev–Trinajstić information content (AvgIpc) is 3.28. The van der Waals surface area contributed by atoms with Gasteiger partial charge in [-0.15, -0.1) is 0 Å². The number of aliphatic hydroxyl groups excluding tert-OH is 3. The summed E-state index contributed by atoms with van der Waals surface area (Å²) in [7, 11) is 0. The molecule has 10 nitrogen and oxygen atoms in total. The Morgan fingerprint density at radius 3 is 2.72 bits per heavy atom. The number of hydrogen-bond donors (Lipinski definition) is 4. The highest BCUT2D eigenvalue weighted by Gasteiger charge is 2.44. The molecule has 4 N–H and O–H groups in total. The van der Waals surface area contributed by atoms with E-state index < -0.39 is 31.1 Å². The molecule has 3 aromatic rings. The number of carbonyl (C=O) groups excluding carboxylic acids is 1. The Morgan fingerprint density at radius 2 is 2.00 bits per heavy atom. The van der Waals surface area contributed by atoms with Gasteiger partial charge in [0.2, 0.25) is 0 Å². The van der Waals surface area contributed by atoms with Crippen molar-refractivity contribution in [3.05, 3.63) is 48.0 Å². The minimum atomic E-state index is -1.24. The van der Waals surface area contributed by atoms with E-state index in [0.29, 0.717) is 29.1 Å². The van der Waals surface area contributed by atoms with Crippen LogP contribution < -0.4 is 5.32 Å². The Morgan fingerprint density at radius 1 is 1.21 bits per heavy atom. The number of ether oxygens (including phenoxy) is 1. The van der Waals surface area contributed by atoms with E-state index in [9.17, 15) is 20.1 Å². The van der Waals surface area contributed by atoms with Gasteiger partial charge in [0.1, 0.15) is 24.6 Å². The van der Waals surface area contributed by atoms with Crippen LogP contribution in [0.2, 0.25) is 0 Å². The highest BCUT2D eigenvalue weighted by Crippen LogP contribution is 2.32. The molecule has 1 aliphatic rings. The van der Waals surface area contributed by atoms with E-state index >= 15 is 0 Å². The molecule has 29 heavy (non-hydrogen) atoms. The van der Waals surface area contributed by atoms with Crippen molar-refractivity contribution < 1.29 is 24.9 Å². The van der Waals surface area contributed by atoms with Gasteiger partial charge in [0.25, 0.3) is 0 Å². The molecule has 1 fully saturated rings. The lowest BCUT2D eigenvalue weighted by Crippen LogP contribution is -2.33. The molecule has 0 spiro atoms. The van der Waals surface area contributed by atoms with Gasteiger partial charge < -0.3 is 25.4 Å². The zero-order valence-corrected chi connectivity index (χ0v) is 15.6. The summed E-state index contributed by atoms with van der Waals surface area (Å²) >= 11 is 0. The van der Waals surface area contributed by atoms with Gasteiger partial charge in [-0.3, -0.25) is 9.36 Å². The number of benzene rings is 1. The lowest BCUT2D eigenvalue weighted by molar-refractivity contribution is -0.0511. The standard InChI is InChI=1S/C19H21N5O5/c1-10(26)12-5-3-2-4-11(12)6-20-17-14-18(22-8-21-17)24(9-23-14)19-16(28)15(27)13(7-25)29-19/h2-5,8-9,13,15-16,19,25,27-28H,6-7H2,1H3,(H,20,21,22)/t13-,15-,16-,19?/m1/s1. The topological polar surface area (TPSA) is 143 Å². The van der Waals surface area contributed by atoms with Gasteiger partial charge >= 0.3 is 0 Å². The summed E-state index contributed by atoms with van der Waals surface area (Å²) in [5.41, 5.74) is 2.31. The third-order valence-corrected chi connectivity index (χ3v) is 4.99. The monoisotopic (exact) mass is 399 g/mol. The molecule has 2 aromatic heterocycles. The SMILES string of the molecule is CC(=O)c1ccccc1CNc1ncnc2c1ncn2C1O[C@H](CO)[C@@H](O)[C@H]1O. The number of carbonyl (C=O) groups is 1. The van der Waals surface area contributed by atoms with Gasteiger partial charge in [0.05, 0.1) is 12.9 Å². The van der Waals surface area contributed by atoms with Gasteiger partial charge in [0, 0.05) is 12.1 Å². The maximum atomic E-state index is 11.8. The number of imidazole rings is 1. The van der Waals surface area contributed by atoms with Crippen molar-refractivity contribution in [2.24, 2.45) is 0 Å². The number of hydrogen-bond acceptors (Lipinski definition) is 9. The predicted molar refractivity (Wildman–Crippen MR) is 102 cm³/mol. The normalized spacial score (nSPS) is 24.1. The van der Waals surface area contributed by atoms with Crippen molar-refractivity contribution in [1.82, 2.24) is 19.5 Å². The number of aliphatic hydroxyl groups is 3. The molecule has 1 saturated heterocycles. The fourth-order valence-corrected chi connectivity index (χ4v) is 3.47. The van der Waals surface area contributed by atoms with E-state index in [1.54, 1.807) is 6.07 Å². The molecule has 1 unspecified atom stereocenters. The van der Waals surface area contributed by atoms with E-state index in [-0.39, 0.29) is 5.78 Å². The van der Waals surface area contributed by atoms with Gasteiger partial charge in [-0.05, 0) is 12.5 Å². The molecule has 10 heteroatoms. The summed E-state index contributed by atoms with van der Waals surface area (Å²) in [6.45, 7) is 1.46. The second kappa shape index (κ2) is 7.84. The van der Waals surface area contributed by atoms with Crippen molar-refractivity contribution >= 4 is 22.8 Å². The highest BCUT2D eigenvalue weighted by molar-refractivity contribution is 5.95. The van der Waals surface area contributed by atoms with Crippen LogP contribution in [-0.2, 0) is 11.3 Å². The lowest BCUT2D eigenvalue weighted by Gasteiger charge is -2.16. The van der Waals surface area contributed by atoms with Gasteiger partial charge in [0.15, 0.2) is 29.0 Å². The Kier molecular flexibility index (Phi) is 5.24. The molecule has 0 radical (unpaired) electrons. The van der Waals surface area contributed by atoms with Crippen LogP contribution in [0.25, 0.3) is 11.2 Å². The van der Waals surface area contributed by atoms with Crippen molar-refractivity contribution in [3.63, 3.8) is 0 Å². The minimum absolute atomic E-state index is 0.0242. The number of fused-ring (bicyclic) bond motifs is 1. The van der Waals surface area contributed by atoms with Crippen LogP contribution in [-0.4, -0.2) is 65.5 Å². The minimum Gasteiger partial charge on any atom is -0.394 e. The first-order valence-corrected chi connectivity index (χ1v) is 9.14. The smallest absolute Gasteiger partial charge is 0.167 e. The maximum absolute atomic E-state index is 11.8. The largest absolute Gasteiger partial charge is 0.394 e. The summed E-state index contributed by atoms with van der Waals surface area (Å²) in [5.74, 6) is 0.433. The Balaban J connectivity index is 1.61. The molecule has 0 amide bonds. The van der Waals surface area contributed by atoms with E-state index in [4.69, 9.17) is 4.74 Å². The number of ketones is 1. The van der Waals surface area contributed by atoms with Crippen LogP contribution in [0.1, 0.15) is 29.1 Å². The van der Waals surface area contributed by atoms with Crippen molar-refractivity contribution in [1.29, 1.82) is 0 Å². The van der Waals surface area contributed by atoms with E-state index in [1.165, 1.54) is 24.1 Å². The van der Waals surface area contributed by atoms with Crippen LogP contribution in [0.15, 0.2) is 36.9 Å². The molecule has 0 saturated carbocycles. The van der Waals surface area contributed by atoms with Crippen molar-refractivity contribution in [2.75, 3.05) is 11.9 Å². The number of nitrogens with zero attached hydrogens (tertiary/aromatic N) is 4. The molecule has 0 aliphatic carbocycles. The fraction of sp³-hybridized carbons (Fsp3) is 0.368. The van der Waals surface area contributed by atoms with Crippen LogP contribution in [0.5, 0.6) is 0 Å². The number of rotatable bonds is 6. The van der Waals surface area contributed by atoms with Gasteiger partial charge in [-0.25, -0.2) is 15.0 Å². The first kappa shape index (κ1) is 19.4. The van der Waals surface area contributed by atoms with E-state index in [0.717, 1.165) is 5.56 Å². The van der Waals surface area contributed by atoms with Crippen LogP contribution >= 0.6 is 0 Å². The molecular weight excluding hydrogens is 378 g/mol. The molecule has 152 valence electrons. The Bertz CT molecular complexity index is 1040. The molecule has 4 atom stereocenters. The molecule has 4 rings (SSSR count). The van der Waals surface area contributed by atoms with Crippen LogP contribution in [0.3, 0.4) is 0 Å². The fourth-order valence-electron chi connectivity index (χ4n) is 3.47. The van der Waals surface area contributed by atoms with Crippen molar-refractivity contribution in [3.8, 4) is 0 Å². The van der Waals surface area contributed by atoms with Crippen LogP contribution in [0, 0.1) is 0 Å². The molecule has 1 aromatic carbocycles. The molecular formula is C19H21N5O5. The molecule has 0 bridgehead atoms. The first-order chi connectivity index (χ1) is 14.0. The number of nitrogens with one attached hydrogen (secondary N) is 1. The van der Waals surface area contributed by atoms with Crippen LogP contribution in [0.4, 0.5) is 5.82 Å². The first-order valence-electron chi connectivity index (χ1n) is 9.14. The van der Waals surface area contributed by atoms with Gasteiger partial charge in [-0.2, -0.15) is 0 Å². The molecule has 1 aliphatic heterocycles. The average molecular weight is 399 g/mol. The van der Waals surface area contributed by atoms with Gasteiger partial charge in [-0.1, -0.05) is 24.3 Å².